The Balaban J connectivity index is 3.18. The number of rotatable bonds is 14. The molecular weight excluding hydrogens is 250 g/mol. The van der Waals surface area contributed by atoms with Gasteiger partial charge in [-0.2, -0.15) is 0 Å². The number of nitrogens with two attached hydrogens (primary N) is 2. The number of hydrogen-bond donors (Lipinski definition) is 3. The molecule has 0 aromatic carbocycles. The molecule has 0 aliphatic carbocycles. The first-order chi connectivity index (χ1) is 9.72. The third-order valence-electron chi connectivity index (χ3n) is 3.64. The third kappa shape index (κ3) is 12.4. The number of unbranched alkanes of at least 4 members (excludes halogenated alkanes) is 9. The molecule has 0 spiro atoms. The molecule has 0 radical (unpaired) electrons. The van der Waals surface area contributed by atoms with E-state index in [1.807, 2.05) is 0 Å². The summed E-state index contributed by atoms with van der Waals surface area (Å²) in [5.74, 6) is -0.0635. The summed E-state index contributed by atoms with van der Waals surface area (Å²) in [7, 11) is 0. The fourth-order valence-electron chi connectivity index (χ4n) is 2.27. The normalized spacial score (nSPS) is 12.3. The molecule has 0 fully saturated rings. The maximum atomic E-state index is 11.5. The van der Waals surface area contributed by atoms with Gasteiger partial charge in [-0.3, -0.25) is 4.79 Å². The quantitative estimate of drug-likeness (QED) is 0.429. The lowest BCUT2D eigenvalue weighted by atomic mass is 10.1. The first-order valence-electron chi connectivity index (χ1n) is 8.45. The van der Waals surface area contributed by atoms with Gasteiger partial charge in [-0.25, -0.2) is 0 Å². The van der Waals surface area contributed by atoms with Gasteiger partial charge in [-0.15, -0.1) is 0 Å². The largest absolute Gasteiger partial charge is 0.355 e. The van der Waals surface area contributed by atoms with E-state index in [0.29, 0.717) is 13.0 Å². The molecule has 20 heavy (non-hydrogen) atoms. The zero-order valence-corrected chi connectivity index (χ0v) is 13.3. The zero-order chi connectivity index (χ0) is 15.1. The lowest BCUT2D eigenvalue weighted by Gasteiger charge is -2.10. The van der Waals surface area contributed by atoms with Crippen LogP contribution in [0.5, 0.6) is 0 Å². The molecular formula is C16H35N3O. The first-order valence-corrected chi connectivity index (χ1v) is 8.45. The molecule has 0 aliphatic heterocycles. The summed E-state index contributed by atoms with van der Waals surface area (Å²) in [4.78, 5) is 11.5. The Morgan fingerprint density at radius 3 is 1.95 bits per heavy atom. The summed E-state index contributed by atoms with van der Waals surface area (Å²) in [6.45, 7) is 3.46. The molecule has 1 amide bonds. The molecule has 0 saturated heterocycles. The lowest BCUT2D eigenvalue weighted by molar-refractivity contribution is -0.122. The van der Waals surface area contributed by atoms with Gasteiger partial charge in [-0.05, 0) is 19.4 Å². The molecule has 4 nitrogen and oxygen atoms in total. The monoisotopic (exact) mass is 285 g/mol. The van der Waals surface area contributed by atoms with Crippen LogP contribution in [0, 0.1) is 0 Å². The van der Waals surface area contributed by atoms with Crippen molar-refractivity contribution in [3.63, 3.8) is 0 Å². The minimum absolute atomic E-state index is 0.0635. The van der Waals surface area contributed by atoms with E-state index in [0.717, 1.165) is 13.0 Å². The molecule has 0 bridgehead atoms. The molecule has 5 N–H and O–H groups in total. The second-order valence-corrected chi connectivity index (χ2v) is 5.66. The fraction of sp³-hybridized carbons (Fsp3) is 0.938. The van der Waals surface area contributed by atoms with Gasteiger partial charge < -0.3 is 16.8 Å². The van der Waals surface area contributed by atoms with Crippen molar-refractivity contribution in [1.82, 2.24) is 5.32 Å². The predicted molar refractivity (Wildman–Crippen MR) is 86.5 cm³/mol. The Hall–Kier alpha value is -0.610. The number of hydrogen-bond acceptors (Lipinski definition) is 3. The summed E-state index contributed by atoms with van der Waals surface area (Å²) in [5.41, 5.74) is 11.0. The summed E-state index contributed by atoms with van der Waals surface area (Å²) in [6, 6.07) is -0.442. The van der Waals surface area contributed by atoms with E-state index in [9.17, 15) is 4.79 Å². The zero-order valence-electron chi connectivity index (χ0n) is 13.3. The minimum atomic E-state index is -0.442. The highest BCUT2D eigenvalue weighted by Crippen LogP contribution is 2.10. The van der Waals surface area contributed by atoms with E-state index >= 15 is 0 Å². The van der Waals surface area contributed by atoms with Crippen molar-refractivity contribution in [2.75, 3.05) is 13.1 Å². The molecule has 0 heterocycles. The van der Waals surface area contributed by atoms with Gasteiger partial charge in [0.05, 0.1) is 6.04 Å². The molecule has 1 atom stereocenters. The van der Waals surface area contributed by atoms with E-state index in [-0.39, 0.29) is 5.91 Å². The van der Waals surface area contributed by atoms with Crippen LogP contribution >= 0.6 is 0 Å². The molecule has 0 aliphatic rings. The van der Waals surface area contributed by atoms with E-state index < -0.39 is 6.04 Å². The molecule has 4 heteroatoms. The lowest BCUT2D eigenvalue weighted by Crippen LogP contribution is -2.42. The Morgan fingerprint density at radius 2 is 1.45 bits per heavy atom. The van der Waals surface area contributed by atoms with E-state index in [4.69, 9.17) is 11.5 Å². The van der Waals surface area contributed by atoms with Crippen LogP contribution in [0.15, 0.2) is 0 Å². The van der Waals surface area contributed by atoms with E-state index in [2.05, 4.69) is 12.2 Å². The Kier molecular flexibility index (Phi) is 14.3. The van der Waals surface area contributed by atoms with Crippen LogP contribution < -0.4 is 16.8 Å². The molecule has 120 valence electrons. The van der Waals surface area contributed by atoms with Crippen molar-refractivity contribution in [2.45, 2.75) is 83.6 Å². The van der Waals surface area contributed by atoms with Gasteiger partial charge in [0.15, 0.2) is 0 Å². The van der Waals surface area contributed by atoms with Gasteiger partial charge in [0, 0.05) is 6.54 Å². The van der Waals surface area contributed by atoms with Gasteiger partial charge in [0.25, 0.3) is 0 Å². The smallest absolute Gasteiger partial charge is 0.236 e. The predicted octanol–water partition coefficient (Wildman–Crippen LogP) is 2.70. The van der Waals surface area contributed by atoms with Crippen LogP contribution in [0.3, 0.4) is 0 Å². The highest BCUT2D eigenvalue weighted by Gasteiger charge is 2.10. The van der Waals surface area contributed by atoms with Gasteiger partial charge in [0.2, 0.25) is 5.91 Å². The summed E-state index contributed by atoms with van der Waals surface area (Å²) in [5, 5.41) is 2.87. The van der Waals surface area contributed by atoms with Crippen molar-refractivity contribution in [3.8, 4) is 0 Å². The average Bonchev–Trinajstić information content (AvgIpc) is 2.44. The molecule has 1 unspecified atom stereocenters. The van der Waals surface area contributed by atoms with Crippen LogP contribution in [0.2, 0.25) is 0 Å². The number of amides is 1. The Bertz CT molecular complexity index is 222. The Morgan fingerprint density at radius 1 is 0.950 bits per heavy atom. The van der Waals surface area contributed by atoms with Crippen LogP contribution in [0.1, 0.15) is 77.6 Å². The summed E-state index contributed by atoms with van der Waals surface area (Å²) < 4.78 is 0. The average molecular weight is 285 g/mol. The van der Waals surface area contributed by atoms with E-state index in [1.165, 1.54) is 57.8 Å². The van der Waals surface area contributed by atoms with Crippen molar-refractivity contribution >= 4 is 5.91 Å². The summed E-state index contributed by atoms with van der Waals surface area (Å²) in [6.07, 6.45) is 13.6. The van der Waals surface area contributed by atoms with E-state index in [1.54, 1.807) is 0 Å². The maximum Gasteiger partial charge on any atom is 0.236 e. The number of nitrogens with one attached hydrogen (secondary N) is 1. The number of carbonyl (C=O) groups is 1. The minimum Gasteiger partial charge on any atom is -0.355 e. The second kappa shape index (κ2) is 14.8. The van der Waals surface area contributed by atoms with Gasteiger partial charge >= 0.3 is 0 Å². The van der Waals surface area contributed by atoms with Crippen molar-refractivity contribution in [1.29, 1.82) is 0 Å². The van der Waals surface area contributed by atoms with Gasteiger partial charge in [0.1, 0.15) is 0 Å². The van der Waals surface area contributed by atoms with Crippen LogP contribution in [-0.2, 0) is 4.79 Å². The highest BCUT2D eigenvalue weighted by atomic mass is 16.2. The van der Waals surface area contributed by atoms with Crippen LogP contribution in [-0.4, -0.2) is 25.0 Å². The maximum absolute atomic E-state index is 11.5. The molecule has 0 rings (SSSR count). The van der Waals surface area contributed by atoms with Gasteiger partial charge in [-0.1, -0.05) is 64.7 Å². The third-order valence-corrected chi connectivity index (χ3v) is 3.64. The summed E-state index contributed by atoms with van der Waals surface area (Å²) >= 11 is 0. The van der Waals surface area contributed by atoms with Crippen molar-refractivity contribution in [3.05, 3.63) is 0 Å². The van der Waals surface area contributed by atoms with Crippen molar-refractivity contribution < 1.29 is 4.79 Å². The molecule has 0 aromatic rings. The highest BCUT2D eigenvalue weighted by molar-refractivity contribution is 5.81. The standard InChI is InChI=1S/C16H35N3O/c1-2-3-4-5-6-7-8-9-10-11-14-19-16(20)15(18)12-13-17/h15H,2-14,17-18H2,1H3,(H,19,20). The topological polar surface area (TPSA) is 81.1 Å². The fourth-order valence-corrected chi connectivity index (χ4v) is 2.27. The van der Waals surface area contributed by atoms with Crippen molar-refractivity contribution in [2.24, 2.45) is 11.5 Å². The van der Waals surface area contributed by atoms with Crippen LogP contribution in [0.4, 0.5) is 0 Å². The number of carbonyl (C=O) groups excluding carboxylic acids is 1. The second-order valence-electron chi connectivity index (χ2n) is 5.66. The first kappa shape index (κ1) is 19.4. The molecule has 0 aromatic heterocycles. The molecule has 0 saturated carbocycles. The van der Waals surface area contributed by atoms with Crippen LogP contribution in [0.25, 0.3) is 0 Å². The Labute approximate surface area is 125 Å². The SMILES string of the molecule is CCCCCCCCCCCCNC(=O)C(N)CCN.